The minimum atomic E-state index is 0.249. The largest absolute Gasteiger partial charge is 0.508 e. The molecule has 2 rings (SSSR count). The Morgan fingerprint density at radius 2 is 1.05 bits per heavy atom. The van der Waals surface area contributed by atoms with Crippen molar-refractivity contribution in [2.24, 2.45) is 0 Å². The highest BCUT2D eigenvalue weighted by Gasteiger charge is 2.09. The van der Waals surface area contributed by atoms with E-state index >= 15 is 0 Å². The van der Waals surface area contributed by atoms with E-state index in [9.17, 15) is 10.2 Å². The van der Waals surface area contributed by atoms with Gasteiger partial charge in [-0.05, 0) is 74.2 Å². The van der Waals surface area contributed by atoms with Crippen LogP contribution in [0, 0.1) is 0 Å². The molecule has 0 heterocycles. The van der Waals surface area contributed by atoms with E-state index in [0.717, 1.165) is 33.4 Å². The third-order valence-corrected chi connectivity index (χ3v) is 3.25. The molecule has 0 aliphatic rings. The van der Waals surface area contributed by atoms with Gasteiger partial charge in [-0.25, -0.2) is 0 Å². The average molecular weight is 294 g/mol. The summed E-state index contributed by atoms with van der Waals surface area (Å²) in [5.41, 5.74) is 6.32. The van der Waals surface area contributed by atoms with E-state index in [-0.39, 0.29) is 11.5 Å². The number of allylic oxidation sites excluding steroid dienone is 2. The lowest BCUT2D eigenvalue weighted by atomic mass is 9.93. The fourth-order valence-electron chi connectivity index (χ4n) is 2.45. The van der Waals surface area contributed by atoms with Crippen molar-refractivity contribution in [1.29, 1.82) is 0 Å². The fraction of sp³-hybridized carbons (Fsp3) is 0.200. The van der Waals surface area contributed by atoms with Crippen LogP contribution in [-0.4, -0.2) is 10.2 Å². The monoisotopic (exact) mass is 294 g/mol. The molecule has 0 fully saturated rings. The summed E-state index contributed by atoms with van der Waals surface area (Å²) < 4.78 is 0. The number of hydrogen-bond donors (Lipinski definition) is 2. The number of benzene rings is 2. The van der Waals surface area contributed by atoms with E-state index in [1.165, 1.54) is 0 Å². The molecule has 2 N–H and O–H groups in total. The number of phenolic OH excluding ortho intramolecular Hbond substituents is 2. The lowest BCUT2D eigenvalue weighted by molar-refractivity contribution is 0.474. The Morgan fingerprint density at radius 1 is 0.682 bits per heavy atom. The third-order valence-electron chi connectivity index (χ3n) is 3.25. The molecular weight excluding hydrogens is 272 g/mol. The summed E-state index contributed by atoms with van der Waals surface area (Å²) in [7, 11) is 0. The lowest BCUT2D eigenvalue weighted by Crippen LogP contribution is -1.88. The van der Waals surface area contributed by atoms with Crippen LogP contribution in [0.5, 0.6) is 11.5 Å². The number of hydrogen-bond acceptors (Lipinski definition) is 2. The van der Waals surface area contributed by atoms with Crippen LogP contribution in [0.15, 0.2) is 47.5 Å². The van der Waals surface area contributed by atoms with E-state index in [0.29, 0.717) is 0 Å². The minimum Gasteiger partial charge on any atom is -0.508 e. The highest BCUT2D eigenvalue weighted by molar-refractivity contribution is 5.83. The Balaban J connectivity index is 2.72. The molecular formula is C20H22O2. The van der Waals surface area contributed by atoms with Crippen LogP contribution < -0.4 is 0 Å². The van der Waals surface area contributed by atoms with Gasteiger partial charge < -0.3 is 10.2 Å². The predicted octanol–water partition coefficient (Wildman–Crippen LogP) is 5.61. The summed E-state index contributed by atoms with van der Waals surface area (Å²) in [4.78, 5) is 0. The minimum absolute atomic E-state index is 0.249. The standard InChI is InChI=1S/C20H22O2/c1-13(2)9-15-11-17(21)5-7-19(15)20-8-6-18(22)12-16(20)10-14(3)4/h5-12,21-22H,1-4H3. The van der Waals surface area contributed by atoms with E-state index in [2.05, 4.69) is 0 Å². The fourth-order valence-corrected chi connectivity index (χ4v) is 2.45. The Bertz CT molecular complexity index is 679. The maximum Gasteiger partial charge on any atom is 0.116 e. The molecule has 0 aliphatic carbocycles. The third kappa shape index (κ3) is 3.79. The molecule has 0 radical (unpaired) electrons. The Morgan fingerprint density at radius 3 is 1.36 bits per heavy atom. The van der Waals surface area contributed by atoms with Gasteiger partial charge in [-0.15, -0.1) is 0 Å². The summed E-state index contributed by atoms with van der Waals surface area (Å²) in [6, 6.07) is 10.7. The second kappa shape index (κ2) is 6.52. The van der Waals surface area contributed by atoms with Gasteiger partial charge in [0, 0.05) is 0 Å². The van der Waals surface area contributed by atoms with Gasteiger partial charge in [-0.2, -0.15) is 0 Å². The summed E-state index contributed by atoms with van der Waals surface area (Å²) in [6.45, 7) is 8.12. The number of aromatic hydroxyl groups is 2. The molecule has 0 saturated carbocycles. The summed E-state index contributed by atoms with van der Waals surface area (Å²) in [6.07, 6.45) is 4.10. The lowest BCUT2D eigenvalue weighted by Gasteiger charge is -2.12. The van der Waals surface area contributed by atoms with Crippen LogP contribution in [0.1, 0.15) is 38.8 Å². The first-order valence-corrected chi connectivity index (χ1v) is 7.33. The van der Waals surface area contributed by atoms with E-state index in [4.69, 9.17) is 0 Å². The molecule has 2 heteroatoms. The molecule has 2 nitrogen and oxygen atoms in total. The molecule has 0 unspecified atom stereocenters. The Kier molecular flexibility index (Phi) is 4.71. The molecule has 0 saturated heterocycles. The number of rotatable bonds is 3. The molecule has 0 bridgehead atoms. The zero-order valence-electron chi connectivity index (χ0n) is 13.5. The smallest absolute Gasteiger partial charge is 0.116 e. The molecule has 22 heavy (non-hydrogen) atoms. The zero-order chi connectivity index (χ0) is 16.3. The Labute approximate surface area is 132 Å². The molecule has 0 atom stereocenters. The second-order valence-electron chi connectivity index (χ2n) is 5.99. The molecule has 2 aromatic carbocycles. The number of phenols is 2. The van der Waals surface area contributed by atoms with Crippen molar-refractivity contribution in [3.8, 4) is 22.6 Å². The highest BCUT2D eigenvalue weighted by atomic mass is 16.3. The maximum absolute atomic E-state index is 9.77. The molecule has 0 aliphatic heterocycles. The average Bonchev–Trinajstić information content (AvgIpc) is 2.38. The van der Waals surface area contributed by atoms with Crippen LogP contribution in [-0.2, 0) is 0 Å². The first-order chi connectivity index (χ1) is 10.4. The van der Waals surface area contributed by atoms with Crippen LogP contribution in [0.3, 0.4) is 0 Å². The second-order valence-corrected chi connectivity index (χ2v) is 5.99. The van der Waals surface area contributed by atoms with Gasteiger partial charge in [-0.1, -0.05) is 35.4 Å². The maximum atomic E-state index is 9.77. The quantitative estimate of drug-likeness (QED) is 0.772. The van der Waals surface area contributed by atoms with Crippen molar-refractivity contribution in [2.75, 3.05) is 0 Å². The molecule has 0 amide bonds. The summed E-state index contributed by atoms with van der Waals surface area (Å²) in [5.74, 6) is 0.498. The normalized spacial score (nSPS) is 10.2. The van der Waals surface area contributed by atoms with Crippen molar-refractivity contribution in [3.05, 3.63) is 58.7 Å². The molecule has 0 spiro atoms. The molecule has 2 aromatic rings. The van der Waals surface area contributed by atoms with E-state index < -0.39 is 0 Å². The zero-order valence-corrected chi connectivity index (χ0v) is 13.5. The summed E-state index contributed by atoms with van der Waals surface area (Å²) in [5, 5.41) is 19.5. The van der Waals surface area contributed by atoms with Gasteiger partial charge in [0.1, 0.15) is 11.5 Å². The van der Waals surface area contributed by atoms with Gasteiger partial charge in [0.2, 0.25) is 0 Å². The SMILES string of the molecule is CC(C)=Cc1cc(O)ccc1-c1ccc(O)cc1C=C(C)C. The van der Waals surface area contributed by atoms with Crippen molar-refractivity contribution < 1.29 is 10.2 Å². The van der Waals surface area contributed by atoms with Gasteiger partial charge in [0.15, 0.2) is 0 Å². The Hall–Kier alpha value is -2.48. The van der Waals surface area contributed by atoms with Crippen molar-refractivity contribution in [1.82, 2.24) is 0 Å². The van der Waals surface area contributed by atoms with Crippen LogP contribution in [0.25, 0.3) is 23.3 Å². The molecule has 114 valence electrons. The van der Waals surface area contributed by atoms with Crippen LogP contribution in [0.2, 0.25) is 0 Å². The van der Waals surface area contributed by atoms with Gasteiger partial charge in [-0.3, -0.25) is 0 Å². The van der Waals surface area contributed by atoms with Crippen molar-refractivity contribution in [3.63, 3.8) is 0 Å². The van der Waals surface area contributed by atoms with Gasteiger partial charge in [0.25, 0.3) is 0 Å². The first kappa shape index (κ1) is 15.9. The topological polar surface area (TPSA) is 40.5 Å². The van der Waals surface area contributed by atoms with Gasteiger partial charge in [0.05, 0.1) is 0 Å². The van der Waals surface area contributed by atoms with E-state index in [1.54, 1.807) is 24.3 Å². The predicted molar refractivity (Wildman–Crippen MR) is 93.9 cm³/mol. The summed E-state index contributed by atoms with van der Waals surface area (Å²) >= 11 is 0. The van der Waals surface area contributed by atoms with E-state index in [1.807, 2.05) is 52.0 Å². The van der Waals surface area contributed by atoms with Gasteiger partial charge >= 0.3 is 0 Å². The van der Waals surface area contributed by atoms with Crippen molar-refractivity contribution in [2.45, 2.75) is 27.7 Å². The molecule has 0 aromatic heterocycles. The highest BCUT2D eigenvalue weighted by Crippen LogP contribution is 2.34. The van der Waals surface area contributed by atoms with Crippen LogP contribution >= 0.6 is 0 Å². The van der Waals surface area contributed by atoms with Crippen molar-refractivity contribution >= 4 is 12.2 Å². The van der Waals surface area contributed by atoms with Crippen LogP contribution in [0.4, 0.5) is 0 Å². The first-order valence-electron chi connectivity index (χ1n) is 7.33.